The van der Waals surface area contributed by atoms with Crippen molar-refractivity contribution < 1.29 is 0 Å². The predicted octanol–water partition coefficient (Wildman–Crippen LogP) is 12.2. The van der Waals surface area contributed by atoms with Crippen LogP contribution in [0.1, 0.15) is 22.3 Å². The molecule has 0 amide bonds. The van der Waals surface area contributed by atoms with E-state index >= 15 is 0 Å². The van der Waals surface area contributed by atoms with E-state index in [0.29, 0.717) is 0 Å². The van der Waals surface area contributed by atoms with Crippen molar-refractivity contribution in [2.24, 2.45) is 0 Å². The Morgan fingerprint density at radius 1 is 0.553 bits per heavy atom. The normalized spacial score (nSPS) is 15.5. The maximum Gasteiger partial charge on any atom is 0.0753 e. The van der Waals surface area contributed by atoms with Crippen LogP contribution in [0.25, 0.3) is 58.8 Å². The van der Waals surface area contributed by atoms with E-state index in [1.54, 1.807) is 0 Å². The molecule has 9 aromatic rings. The van der Waals surface area contributed by atoms with Crippen LogP contribution in [0.2, 0.25) is 0 Å². The Bertz CT molecular complexity index is 2690. The van der Waals surface area contributed by atoms with Gasteiger partial charge < -0.3 is 4.57 Å². The van der Waals surface area contributed by atoms with Crippen LogP contribution in [0, 0.1) is 0 Å². The van der Waals surface area contributed by atoms with Crippen molar-refractivity contribution in [2.75, 3.05) is 6.26 Å². The van der Waals surface area contributed by atoms with Crippen molar-refractivity contribution in [1.29, 1.82) is 0 Å². The zero-order chi connectivity index (χ0) is 31.1. The van der Waals surface area contributed by atoms with Crippen LogP contribution in [0.5, 0.6) is 0 Å². The SMILES string of the molecule is CSc1ccccc1C1(c2cccc(-c3cccc4c3sc3ccccc34)c2)c2ccccc2-n2c3ccccc3c3cccc1c32. The standard InChI is InChI=1S/C44H29NS2/c1-46-41-26-9-5-21-36(41)44(29-14-10-13-28(27-29)30-17-11-19-34-32-16-3-8-25-40(32)47-43(30)34)35-20-4-7-24-39(35)45-38-23-6-2-15-31(38)33-18-12-22-37(44)42(33)45/h2-27H,1H3. The topological polar surface area (TPSA) is 4.93 Å². The number of para-hydroxylation sites is 3. The summed E-state index contributed by atoms with van der Waals surface area (Å²) in [6, 6.07) is 58.9. The Hall–Kier alpha value is -5.09. The van der Waals surface area contributed by atoms with E-state index in [9.17, 15) is 0 Å². The number of benzene rings is 7. The molecule has 1 unspecified atom stereocenters. The molecule has 222 valence electrons. The van der Waals surface area contributed by atoms with Gasteiger partial charge in [0.2, 0.25) is 0 Å². The van der Waals surface area contributed by atoms with Gasteiger partial charge in [0, 0.05) is 35.8 Å². The molecule has 0 saturated heterocycles. The van der Waals surface area contributed by atoms with Gasteiger partial charge in [-0.1, -0.05) is 127 Å². The summed E-state index contributed by atoms with van der Waals surface area (Å²) < 4.78 is 5.18. The summed E-state index contributed by atoms with van der Waals surface area (Å²) >= 11 is 3.73. The smallest absolute Gasteiger partial charge is 0.0753 e. The first kappa shape index (κ1) is 27.1. The van der Waals surface area contributed by atoms with Crippen molar-refractivity contribution >= 4 is 65.1 Å². The number of nitrogens with zero attached hydrogens (tertiary/aromatic N) is 1. The monoisotopic (exact) mass is 635 g/mol. The minimum absolute atomic E-state index is 0.538. The van der Waals surface area contributed by atoms with Crippen molar-refractivity contribution in [3.63, 3.8) is 0 Å². The van der Waals surface area contributed by atoms with Crippen LogP contribution < -0.4 is 0 Å². The van der Waals surface area contributed by atoms with Crippen molar-refractivity contribution in [3.8, 4) is 16.8 Å². The molecular formula is C44H29NS2. The third-order valence-electron chi connectivity index (χ3n) is 10.2. The van der Waals surface area contributed by atoms with Crippen LogP contribution in [0.15, 0.2) is 163 Å². The molecule has 1 aliphatic heterocycles. The number of thioether (sulfide) groups is 1. The fraction of sp³-hybridized carbons (Fsp3) is 0.0455. The molecule has 0 bridgehead atoms. The number of rotatable bonds is 4. The molecule has 3 heteroatoms. The van der Waals surface area contributed by atoms with Gasteiger partial charge in [-0.25, -0.2) is 0 Å². The second kappa shape index (κ2) is 10.2. The van der Waals surface area contributed by atoms with Crippen LogP contribution in [0.3, 0.4) is 0 Å². The molecule has 3 heterocycles. The first-order valence-electron chi connectivity index (χ1n) is 16.1. The van der Waals surface area contributed by atoms with Gasteiger partial charge in [0.05, 0.1) is 22.1 Å². The highest BCUT2D eigenvalue weighted by Crippen LogP contribution is 2.56. The van der Waals surface area contributed by atoms with Gasteiger partial charge in [-0.2, -0.15) is 0 Å². The third-order valence-corrected chi connectivity index (χ3v) is 12.2. The van der Waals surface area contributed by atoms with Gasteiger partial charge in [0.25, 0.3) is 0 Å². The third kappa shape index (κ3) is 3.61. The number of aromatic nitrogens is 1. The fourth-order valence-corrected chi connectivity index (χ4v) is 10.2. The quantitative estimate of drug-likeness (QED) is 0.174. The van der Waals surface area contributed by atoms with Gasteiger partial charge in [0.1, 0.15) is 0 Å². The second-order valence-electron chi connectivity index (χ2n) is 12.4. The molecule has 1 nitrogen and oxygen atoms in total. The molecule has 0 radical (unpaired) electrons. The molecule has 0 saturated carbocycles. The molecule has 10 rings (SSSR count). The molecule has 0 aliphatic carbocycles. The van der Waals surface area contributed by atoms with Crippen molar-refractivity contribution in [2.45, 2.75) is 10.3 Å². The summed E-state index contributed by atoms with van der Waals surface area (Å²) in [4.78, 5) is 1.29. The van der Waals surface area contributed by atoms with E-state index in [-0.39, 0.29) is 0 Å². The average molecular weight is 636 g/mol. The summed E-state index contributed by atoms with van der Waals surface area (Å²) in [7, 11) is 0. The predicted molar refractivity (Wildman–Crippen MR) is 203 cm³/mol. The Kier molecular flexibility index (Phi) is 5.88. The van der Waals surface area contributed by atoms with E-state index in [0.717, 1.165) is 0 Å². The number of thiophene rings is 1. The highest BCUT2D eigenvalue weighted by atomic mass is 32.2. The molecular weight excluding hydrogens is 607 g/mol. The lowest BCUT2D eigenvalue weighted by Crippen LogP contribution is -2.36. The second-order valence-corrected chi connectivity index (χ2v) is 14.3. The zero-order valence-corrected chi connectivity index (χ0v) is 27.4. The largest absolute Gasteiger partial charge is 0.309 e. The number of hydrogen-bond donors (Lipinski definition) is 0. The van der Waals surface area contributed by atoms with Gasteiger partial charge in [-0.3, -0.25) is 0 Å². The minimum Gasteiger partial charge on any atom is -0.309 e. The molecule has 0 N–H and O–H groups in total. The zero-order valence-electron chi connectivity index (χ0n) is 25.8. The Morgan fingerprint density at radius 2 is 1.23 bits per heavy atom. The van der Waals surface area contributed by atoms with E-state index in [4.69, 9.17) is 0 Å². The van der Waals surface area contributed by atoms with Crippen molar-refractivity contribution in [1.82, 2.24) is 4.57 Å². The summed E-state index contributed by atoms with van der Waals surface area (Å²) in [5, 5.41) is 5.24. The maximum atomic E-state index is 2.51. The Balaban J connectivity index is 1.36. The molecule has 7 aromatic carbocycles. The average Bonchev–Trinajstić information content (AvgIpc) is 3.69. The number of hydrogen-bond acceptors (Lipinski definition) is 2. The Morgan fingerprint density at radius 3 is 2.15 bits per heavy atom. The van der Waals surface area contributed by atoms with Crippen LogP contribution in [-0.4, -0.2) is 10.8 Å². The van der Waals surface area contributed by atoms with Crippen LogP contribution in [-0.2, 0) is 5.41 Å². The van der Waals surface area contributed by atoms with Crippen molar-refractivity contribution in [3.05, 3.63) is 180 Å². The van der Waals surface area contributed by atoms with E-state index in [1.165, 1.54) is 85.9 Å². The highest BCUT2D eigenvalue weighted by molar-refractivity contribution is 7.98. The summed E-state index contributed by atoms with van der Waals surface area (Å²) in [5.41, 5.74) is 11.0. The highest BCUT2D eigenvalue weighted by Gasteiger charge is 2.46. The fourth-order valence-electron chi connectivity index (χ4n) is 8.31. The first-order chi connectivity index (χ1) is 23.3. The first-order valence-corrected chi connectivity index (χ1v) is 18.1. The van der Waals surface area contributed by atoms with E-state index in [2.05, 4.69) is 169 Å². The van der Waals surface area contributed by atoms with Gasteiger partial charge in [-0.05, 0) is 70.0 Å². The van der Waals surface area contributed by atoms with Gasteiger partial charge in [-0.15, -0.1) is 23.1 Å². The maximum absolute atomic E-state index is 2.51. The van der Waals surface area contributed by atoms with E-state index < -0.39 is 5.41 Å². The summed E-state index contributed by atoms with van der Waals surface area (Å²) in [5.74, 6) is 0. The van der Waals surface area contributed by atoms with Crippen LogP contribution in [0.4, 0.5) is 0 Å². The number of fused-ring (bicyclic) bond motifs is 8. The van der Waals surface area contributed by atoms with E-state index in [1.807, 2.05) is 23.1 Å². The molecule has 0 fully saturated rings. The summed E-state index contributed by atoms with van der Waals surface area (Å²) in [6.45, 7) is 0. The lowest BCUT2D eigenvalue weighted by Gasteiger charge is -2.42. The lowest BCUT2D eigenvalue weighted by atomic mass is 9.63. The molecule has 47 heavy (non-hydrogen) atoms. The van der Waals surface area contributed by atoms with Gasteiger partial charge in [0.15, 0.2) is 0 Å². The van der Waals surface area contributed by atoms with Gasteiger partial charge >= 0.3 is 0 Å². The lowest BCUT2D eigenvalue weighted by molar-refractivity contribution is 0.712. The van der Waals surface area contributed by atoms with Crippen LogP contribution >= 0.6 is 23.1 Å². The molecule has 1 aliphatic rings. The minimum atomic E-state index is -0.538. The molecule has 1 atom stereocenters. The molecule has 0 spiro atoms. The Labute approximate surface area is 281 Å². The summed E-state index contributed by atoms with van der Waals surface area (Å²) in [6.07, 6.45) is 2.21. The molecule has 2 aromatic heterocycles.